The van der Waals surface area contributed by atoms with E-state index in [1.54, 1.807) is 6.07 Å². The summed E-state index contributed by atoms with van der Waals surface area (Å²) in [6.45, 7) is 8.38. The number of benzene rings is 2. The third-order valence-electron chi connectivity index (χ3n) is 5.51. The van der Waals surface area contributed by atoms with Crippen LogP contribution in [0.25, 0.3) is 33.3 Å². The molecule has 0 bridgehead atoms. The number of ether oxygens (including phenoxy) is 1. The summed E-state index contributed by atoms with van der Waals surface area (Å²) in [6.07, 6.45) is 2.16. The fourth-order valence-electron chi connectivity index (χ4n) is 3.84. The normalized spacial score (nSPS) is 11.6. The van der Waals surface area contributed by atoms with E-state index in [2.05, 4.69) is 52.7 Å². The monoisotopic (exact) mass is 390 g/mol. The molecule has 0 radical (unpaired) electrons. The topological polar surface area (TPSA) is 63.1 Å². The molecule has 0 aliphatic rings. The number of aromatic nitrogens is 3. The number of likely N-dealkylation sites (N-methyl/N-ethyl adjacent to an activating group) is 1. The van der Waals surface area contributed by atoms with Crippen LogP contribution in [-0.2, 0) is 11.3 Å². The van der Waals surface area contributed by atoms with Crippen LogP contribution in [0.2, 0.25) is 0 Å². The number of fused-ring (bicyclic) bond motifs is 2. The molecule has 0 saturated heterocycles. The van der Waals surface area contributed by atoms with Gasteiger partial charge in [0.1, 0.15) is 11.3 Å². The molecule has 150 valence electrons. The Balaban J connectivity index is 1.79. The zero-order valence-electron chi connectivity index (χ0n) is 17.1. The molecule has 2 aromatic heterocycles. The molecular formula is C23H26N4O2. The molecule has 0 amide bonds. The lowest BCUT2D eigenvalue weighted by Gasteiger charge is -2.18. The first-order valence-electron chi connectivity index (χ1n) is 10.0. The summed E-state index contributed by atoms with van der Waals surface area (Å²) < 4.78 is 7.20. The van der Waals surface area contributed by atoms with Crippen LogP contribution in [0.1, 0.15) is 24.2 Å². The molecular weight excluding hydrogens is 364 g/mol. The summed E-state index contributed by atoms with van der Waals surface area (Å²) in [5.41, 5.74) is 4.14. The smallest absolute Gasteiger partial charge is 0.340 e. The van der Waals surface area contributed by atoms with Gasteiger partial charge in [-0.15, -0.1) is 0 Å². The summed E-state index contributed by atoms with van der Waals surface area (Å²) in [7, 11) is 1.39. The highest BCUT2D eigenvalue weighted by molar-refractivity contribution is 6.03. The Bertz CT molecular complexity index is 1150. The molecule has 0 spiro atoms. The number of aromatic amines is 1. The number of hydrogen-bond donors (Lipinski definition) is 1. The standard InChI is InChI=1S/C23H26N4O2/c1-4-26(5-2)13-14-27-15-18(16-9-6-7-12-20(16)27)22-24-19-11-8-10-17(21(19)25-22)23(28)29-3/h6-12,15H,4-5,13-14H2,1-3H3,(H,24,25). The maximum Gasteiger partial charge on any atom is 0.340 e. The van der Waals surface area contributed by atoms with Crippen molar-refractivity contribution in [2.45, 2.75) is 20.4 Å². The van der Waals surface area contributed by atoms with E-state index in [0.29, 0.717) is 11.1 Å². The van der Waals surface area contributed by atoms with Crippen LogP contribution in [0.15, 0.2) is 48.7 Å². The summed E-state index contributed by atoms with van der Waals surface area (Å²) >= 11 is 0. The summed E-state index contributed by atoms with van der Waals surface area (Å²) in [6, 6.07) is 13.9. The average Bonchev–Trinajstić information content (AvgIpc) is 3.35. The van der Waals surface area contributed by atoms with Crippen molar-refractivity contribution in [3.8, 4) is 11.4 Å². The van der Waals surface area contributed by atoms with E-state index in [1.807, 2.05) is 18.2 Å². The Labute approximate surface area is 170 Å². The van der Waals surface area contributed by atoms with E-state index in [4.69, 9.17) is 9.72 Å². The van der Waals surface area contributed by atoms with Crippen LogP contribution in [0.3, 0.4) is 0 Å². The number of imidazole rings is 1. The van der Waals surface area contributed by atoms with Crippen molar-refractivity contribution >= 4 is 27.9 Å². The van der Waals surface area contributed by atoms with Gasteiger partial charge in [-0.25, -0.2) is 9.78 Å². The van der Waals surface area contributed by atoms with Crippen molar-refractivity contribution in [1.82, 2.24) is 19.4 Å². The van der Waals surface area contributed by atoms with Crippen LogP contribution in [0, 0.1) is 0 Å². The van der Waals surface area contributed by atoms with Gasteiger partial charge in [0.2, 0.25) is 0 Å². The van der Waals surface area contributed by atoms with Gasteiger partial charge in [0.25, 0.3) is 0 Å². The van der Waals surface area contributed by atoms with Crippen molar-refractivity contribution in [3.63, 3.8) is 0 Å². The maximum absolute atomic E-state index is 12.1. The number of nitrogens with zero attached hydrogens (tertiary/aromatic N) is 3. The number of rotatable bonds is 7. The number of nitrogens with one attached hydrogen (secondary N) is 1. The Morgan fingerprint density at radius 2 is 1.93 bits per heavy atom. The molecule has 2 aromatic carbocycles. The van der Waals surface area contributed by atoms with Gasteiger partial charge in [0.05, 0.1) is 18.2 Å². The van der Waals surface area contributed by atoms with Gasteiger partial charge in [0.15, 0.2) is 0 Å². The SMILES string of the molecule is CCN(CC)CCn1cc(-c2nc3c(C(=O)OC)cccc3[nH]2)c2ccccc21. The van der Waals surface area contributed by atoms with E-state index in [-0.39, 0.29) is 5.97 Å². The van der Waals surface area contributed by atoms with E-state index in [1.165, 1.54) is 12.6 Å². The second kappa shape index (κ2) is 8.09. The third kappa shape index (κ3) is 3.51. The van der Waals surface area contributed by atoms with Crippen molar-refractivity contribution in [1.29, 1.82) is 0 Å². The zero-order chi connectivity index (χ0) is 20.4. The summed E-state index contributed by atoms with van der Waals surface area (Å²) in [5.74, 6) is 0.379. The van der Waals surface area contributed by atoms with Gasteiger partial charge in [-0.3, -0.25) is 0 Å². The second-order valence-electron chi connectivity index (χ2n) is 7.06. The molecule has 4 rings (SSSR count). The minimum absolute atomic E-state index is 0.379. The maximum atomic E-state index is 12.1. The lowest BCUT2D eigenvalue weighted by Crippen LogP contribution is -2.26. The minimum Gasteiger partial charge on any atom is -0.465 e. The molecule has 0 atom stereocenters. The predicted octanol–water partition coefficient (Wildman–Crippen LogP) is 4.31. The first-order valence-corrected chi connectivity index (χ1v) is 10.0. The molecule has 29 heavy (non-hydrogen) atoms. The molecule has 2 heterocycles. The second-order valence-corrected chi connectivity index (χ2v) is 7.06. The number of esters is 1. The van der Waals surface area contributed by atoms with Crippen LogP contribution in [-0.4, -0.2) is 52.1 Å². The third-order valence-corrected chi connectivity index (χ3v) is 5.51. The Kier molecular flexibility index (Phi) is 5.36. The quantitative estimate of drug-likeness (QED) is 0.478. The van der Waals surface area contributed by atoms with Gasteiger partial charge in [-0.1, -0.05) is 38.1 Å². The predicted molar refractivity (Wildman–Crippen MR) is 116 cm³/mol. The highest BCUT2D eigenvalue weighted by Gasteiger charge is 2.17. The molecule has 6 nitrogen and oxygen atoms in total. The van der Waals surface area contributed by atoms with Crippen molar-refractivity contribution < 1.29 is 9.53 Å². The van der Waals surface area contributed by atoms with E-state index in [0.717, 1.165) is 48.5 Å². The number of methoxy groups -OCH3 is 1. The van der Waals surface area contributed by atoms with Crippen LogP contribution < -0.4 is 0 Å². The fourth-order valence-corrected chi connectivity index (χ4v) is 3.84. The lowest BCUT2D eigenvalue weighted by atomic mass is 10.2. The average molecular weight is 390 g/mol. The van der Waals surface area contributed by atoms with E-state index < -0.39 is 0 Å². The molecule has 0 saturated carbocycles. The number of carbonyl (C=O) groups is 1. The lowest BCUT2D eigenvalue weighted by molar-refractivity contribution is 0.0603. The van der Waals surface area contributed by atoms with E-state index in [9.17, 15) is 4.79 Å². The first kappa shape index (κ1) is 19.2. The Morgan fingerprint density at radius 3 is 2.69 bits per heavy atom. The molecule has 0 aliphatic carbocycles. The van der Waals surface area contributed by atoms with Gasteiger partial charge < -0.3 is 19.2 Å². The Morgan fingerprint density at radius 1 is 1.14 bits per heavy atom. The van der Waals surface area contributed by atoms with E-state index >= 15 is 0 Å². The van der Waals surface area contributed by atoms with Gasteiger partial charge in [-0.2, -0.15) is 0 Å². The van der Waals surface area contributed by atoms with Gasteiger partial charge >= 0.3 is 5.97 Å². The molecule has 4 aromatic rings. The van der Waals surface area contributed by atoms with Crippen molar-refractivity contribution in [3.05, 3.63) is 54.2 Å². The highest BCUT2D eigenvalue weighted by atomic mass is 16.5. The summed E-state index contributed by atoms with van der Waals surface area (Å²) in [5, 5.41) is 1.14. The number of H-pyrrole nitrogens is 1. The number of hydrogen-bond acceptors (Lipinski definition) is 4. The summed E-state index contributed by atoms with van der Waals surface area (Å²) in [4.78, 5) is 22.7. The van der Waals surface area contributed by atoms with Crippen molar-refractivity contribution in [2.75, 3.05) is 26.7 Å². The van der Waals surface area contributed by atoms with Gasteiger partial charge in [0, 0.05) is 35.8 Å². The van der Waals surface area contributed by atoms with Crippen LogP contribution >= 0.6 is 0 Å². The van der Waals surface area contributed by atoms with Crippen LogP contribution in [0.5, 0.6) is 0 Å². The molecule has 0 unspecified atom stereocenters. The molecule has 1 N–H and O–H groups in total. The largest absolute Gasteiger partial charge is 0.465 e. The first-order chi connectivity index (χ1) is 14.2. The van der Waals surface area contributed by atoms with Crippen molar-refractivity contribution in [2.24, 2.45) is 0 Å². The van der Waals surface area contributed by atoms with Gasteiger partial charge in [-0.05, 0) is 31.3 Å². The minimum atomic E-state index is -0.379. The molecule has 0 aliphatic heterocycles. The zero-order valence-corrected chi connectivity index (χ0v) is 17.1. The Hall–Kier alpha value is -3.12. The molecule has 0 fully saturated rings. The van der Waals surface area contributed by atoms with Crippen LogP contribution in [0.4, 0.5) is 0 Å². The number of para-hydroxylation sites is 2. The molecule has 6 heteroatoms. The fraction of sp³-hybridized carbons (Fsp3) is 0.304. The highest BCUT2D eigenvalue weighted by Crippen LogP contribution is 2.31. The number of carbonyl (C=O) groups excluding carboxylic acids is 1.